The summed E-state index contributed by atoms with van der Waals surface area (Å²) in [5, 5.41) is 2.77. The molecule has 0 rings (SSSR count). The molecular weight excluding hydrogens is 230 g/mol. The molecule has 0 aromatic heterocycles. The highest BCUT2D eigenvalue weighted by molar-refractivity contribution is 5.85. The zero-order valence-corrected chi connectivity index (χ0v) is 12.5. The first kappa shape index (κ1) is 16.9. The quantitative estimate of drug-likeness (QED) is 0.725. The molecule has 0 atom stereocenters. The number of carbonyl (C=O) groups is 2. The largest absolute Gasteiger partial charge is 0.352 e. The van der Waals surface area contributed by atoms with Gasteiger partial charge in [0.05, 0.1) is 13.1 Å². The summed E-state index contributed by atoms with van der Waals surface area (Å²) in [5.74, 6) is 0.377. The monoisotopic (exact) mass is 257 g/mol. The van der Waals surface area contributed by atoms with Crippen molar-refractivity contribution in [2.45, 2.75) is 33.7 Å². The molecule has 5 nitrogen and oxygen atoms in total. The van der Waals surface area contributed by atoms with Crippen LogP contribution in [-0.4, -0.2) is 61.4 Å². The van der Waals surface area contributed by atoms with Crippen molar-refractivity contribution in [3.8, 4) is 0 Å². The number of nitrogens with zero attached hydrogens (tertiary/aromatic N) is 2. The Kier molecular flexibility index (Phi) is 7.59. The predicted molar refractivity (Wildman–Crippen MR) is 73.3 cm³/mol. The molecule has 0 aromatic rings. The first-order valence-electron chi connectivity index (χ1n) is 6.44. The summed E-state index contributed by atoms with van der Waals surface area (Å²) in [6, 6.07) is 0.101. The molecule has 0 aromatic carbocycles. The molecule has 0 saturated carbocycles. The van der Waals surface area contributed by atoms with Gasteiger partial charge in [-0.3, -0.25) is 14.5 Å². The molecule has 5 heteroatoms. The number of rotatable bonds is 7. The molecule has 0 aliphatic rings. The molecule has 0 aliphatic heterocycles. The lowest BCUT2D eigenvalue weighted by Crippen LogP contribution is -2.44. The third-order valence-corrected chi connectivity index (χ3v) is 2.34. The minimum absolute atomic E-state index is 0.0305. The Morgan fingerprint density at radius 3 is 2.06 bits per heavy atom. The van der Waals surface area contributed by atoms with Crippen molar-refractivity contribution in [1.29, 1.82) is 0 Å². The van der Waals surface area contributed by atoms with Gasteiger partial charge in [-0.05, 0) is 26.8 Å². The highest BCUT2D eigenvalue weighted by Gasteiger charge is 2.15. The maximum Gasteiger partial charge on any atom is 0.239 e. The second-order valence-corrected chi connectivity index (χ2v) is 5.56. The molecule has 0 bridgehead atoms. The van der Waals surface area contributed by atoms with E-state index in [1.807, 2.05) is 25.8 Å². The van der Waals surface area contributed by atoms with Gasteiger partial charge in [-0.15, -0.1) is 0 Å². The number of likely N-dealkylation sites (N-methyl/N-ethyl adjacent to an activating group) is 2. The van der Waals surface area contributed by atoms with Crippen molar-refractivity contribution in [2.75, 3.05) is 33.7 Å². The van der Waals surface area contributed by atoms with Crippen LogP contribution >= 0.6 is 0 Å². The van der Waals surface area contributed by atoms with Crippen LogP contribution in [0.5, 0.6) is 0 Å². The topological polar surface area (TPSA) is 52.7 Å². The standard InChI is InChI=1S/C13H27N3O2/c1-10(2)7-15(5)9-13(18)16(6)8-12(17)14-11(3)4/h10-11H,7-9H2,1-6H3,(H,14,17). The molecule has 0 fully saturated rings. The van der Waals surface area contributed by atoms with Crippen molar-refractivity contribution in [1.82, 2.24) is 15.1 Å². The zero-order chi connectivity index (χ0) is 14.3. The molecule has 106 valence electrons. The fraction of sp³-hybridized carbons (Fsp3) is 0.846. The van der Waals surface area contributed by atoms with E-state index in [-0.39, 0.29) is 24.4 Å². The maximum absolute atomic E-state index is 11.9. The van der Waals surface area contributed by atoms with Gasteiger partial charge in [0.2, 0.25) is 11.8 Å². The van der Waals surface area contributed by atoms with Crippen LogP contribution in [0.1, 0.15) is 27.7 Å². The van der Waals surface area contributed by atoms with Crippen molar-refractivity contribution < 1.29 is 9.59 Å². The van der Waals surface area contributed by atoms with Gasteiger partial charge in [0.1, 0.15) is 0 Å². The molecule has 2 amide bonds. The lowest BCUT2D eigenvalue weighted by Gasteiger charge is -2.23. The van der Waals surface area contributed by atoms with Crippen LogP contribution in [0, 0.1) is 5.92 Å². The highest BCUT2D eigenvalue weighted by Crippen LogP contribution is 1.97. The van der Waals surface area contributed by atoms with Crippen LogP contribution in [0.15, 0.2) is 0 Å². The molecule has 1 N–H and O–H groups in total. The van der Waals surface area contributed by atoms with Crippen LogP contribution in [0.25, 0.3) is 0 Å². The summed E-state index contributed by atoms with van der Waals surface area (Å²) >= 11 is 0. The molecule has 0 aliphatic carbocycles. The SMILES string of the molecule is CC(C)CN(C)CC(=O)N(C)CC(=O)NC(C)C. The van der Waals surface area contributed by atoms with Crippen molar-refractivity contribution in [2.24, 2.45) is 5.92 Å². The Balaban J connectivity index is 4.06. The first-order valence-corrected chi connectivity index (χ1v) is 6.44. The number of hydrogen-bond donors (Lipinski definition) is 1. The summed E-state index contributed by atoms with van der Waals surface area (Å²) in [6.07, 6.45) is 0. The van der Waals surface area contributed by atoms with Crippen molar-refractivity contribution in [3.63, 3.8) is 0 Å². The molecule has 0 saturated heterocycles. The lowest BCUT2D eigenvalue weighted by atomic mass is 10.2. The second-order valence-electron chi connectivity index (χ2n) is 5.56. The van der Waals surface area contributed by atoms with E-state index in [0.29, 0.717) is 12.5 Å². The first-order chi connectivity index (χ1) is 8.22. The van der Waals surface area contributed by atoms with Gasteiger partial charge in [-0.25, -0.2) is 0 Å². The van der Waals surface area contributed by atoms with E-state index in [0.717, 1.165) is 6.54 Å². The van der Waals surface area contributed by atoms with Crippen molar-refractivity contribution >= 4 is 11.8 Å². The average Bonchev–Trinajstić information content (AvgIpc) is 2.13. The van der Waals surface area contributed by atoms with Gasteiger partial charge in [0.15, 0.2) is 0 Å². The van der Waals surface area contributed by atoms with E-state index < -0.39 is 0 Å². The summed E-state index contributed by atoms with van der Waals surface area (Å²) < 4.78 is 0. The number of hydrogen-bond acceptors (Lipinski definition) is 3. The summed E-state index contributed by atoms with van der Waals surface area (Å²) in [5.41, 5.74) is 0. The molecule has 18 heavy (non-hydrogen) atoms. The summed E-state index contributed by atoms with van der Waals surface area (Å²) in [4.78, 5) is 26.8. The van der Waals surface area contributed by atoms with Gasteiger partial charge < -0.3 is 10.2 Å². The highest BCUT2D eigenvalue weighted by atomic mass is 16.2. The number of carbonyl (C=O) groups excluding carboxylic acids is 2. The summed E-state index contributed by atoms with van der Waals surface area (Å²) in [7, 11) is 3.57. The molecule has 0 radical (unpaired) electrons. The number of nitrogens with one attached hydrogen (secondary N) is 1. The minimum atomic E-state index is -0.118. The van der Waals surface area contributed by atoms with Crippen LogP contribution in [0.3, 0.4) is 0 Å². The Labute approximate surface area is 111 Å². The second kappa shape index (κ2) is 8.08. The van der Waals surface area contributed by atoms with Gasteiger partial charge >= 0.3 is 0 Å². The Bertz CT molecular complexity index is 277. The van der Waals surface area contributed by atoms with Crippen LogP contribution < -0.4 is 5.32 Å². The van der Waals surface area contributed by atoms with E-state index >= 15 is 0 Å². The van der Waals surface area contributed by atoms with Crippen LogP contribution in [0.4, 0.5) is 0 Å². The molecule has 0 heterocycles. The molecular formula is C13H27N3O2. The smallest absolute Gasteiger partial charge is 0.239 e. The number of amides is 2. The van der Waals surface area contributed by atoms with Crippen molar-refractivity contribution in [3.05, 3.63) is 0 Å². The lowest BCUT2D eigenvalue weighted by molar-refractivity contribution is -0.135. The fourth-order valence-corrected chi connectivity index (χ4v) is 1.71. The minimum Gasteiger partial charge on any atom is -0.352 e. The zero-order valence-electron chi connectivity index (χ0n) is 12.5. The van der Waals surface area contributed by atoms with E-state index in [4.69, 9.17) is 0 Å². The van der Waals surface area contributed by atoms with E-state index in [1.54, 1.807) is 7.05 Å². The van der Waals surface area contributed by atoms with E-state index in [2.05, 4.69) is 19.2 Å². The Hall–Kier alpha value is -1.10. The van der Waals surface area contributed by atoms with Crippen LogP contribution in [0.2, 0.25) is 0 Å². The molecule has 0 unspecified atom stereocenters. The Morgan fingerprint density at radius 1 is 1.06 bits per heavy atom. The Morgan fingerprint density at radius 2 is 1.61 bits per heavy atom. The van der Waals surface area contributed by atoms with E-state index in [9.17, 15) is 9.59 Å². The average molecular weight is 257 g/mol. The fourth-order valence-electron chi connectivity index (χ4n) is 1.71. The van der Waals surface area contributed by atoms with Crippen LogP contribution in [-0.2, 0) is 9.59 Å². The third kappa shape index (κ3) is 8.06. The third-order valence-electron chi connectivity index (χ3n) is 2.34. The predicted octanol–water partition coefficient (Wildman–Crippen LogP) is 0.557. The van der Waals surface area contributed by atoms with E-state index in [1.165, 1.54) is 4.90 Å². The van der Waals surface area contributed by atoms with Gasteiger partial charge in [0, 0.05) is 19.6 Å². The van der Waals surface area contributed by atoms with Gasteiger partial charge in [-0.1, -0.05) is 13.8 Å². The molecule has 0 spiro atoms. The summed E-state index contributed by atoms with van der Waals surface area (Å²) in [6.45, 7) is 9.36. The van der Waals surface area contributed by atoms with Gasteiger partial charge in [0.25, 0.3) is 0 Å². The maximum atomic E-state index is 11.9. The van der Waals surface area contributed by atoms with Gasteiger partial charge in [-0.2, -0.15) is 0 Å². The normalized spacial score (nSPS) is 11.2.